The molecule has 0 spiro atoms. The molecular weight excluding hydrogens is 380 g/mol. The lowest BCUT2D eigenvalue weighted by molar-refractivity contribution is 0.102. The molecule has 2 aromatic carbocycles. The number of nitrogens with one attached hydrogen (secondary N) is 1. The van der Waals surface area contributed by atoms with E-state index in [2.05, 4.69) is 15.4 Å². The molecule has 150 valence electrons. The third-order valence-corrected chi connectivity index (χ3v) is 4.55. The summed E-state index contributed by atoms with van der Waals surface area (Å²) in [7, 11) is 3.13. The number of hydrogen-bond donors (Lipinski definition) is 1. The van der Waals surface area contributed by atoms with Gasteiger partial charge in [0.1, 0.15) is 11.4 Å². The van der Waals surface area contributed by atoms with E-state index in [-0.39, 0.29) is 5.91 Å². The summed E-state index contributed by atoms with van der Waals surface area (Å²) in [6, 6.07) is 20.5. The largest absolute Gasteiger partial charge is 0.496 e. The Labute approximate surface area is 173 Å². The van der Waals surface area contributed by atoms with Gasteiger partial charge in [0.2, 0.25) is 5.88 Å². The van der Waals surface area contributed by atoms with Crippen LogP contribution in [0.2, 0.25) is 0 Å². The molecule has 7 heteroatoms. The summed E-state index contributed by atoms with van der Waals surface area (Å²) >= 11 is 0. The fourth-order valence-electron chi connectivity index (χ4n) is 3.07. The molecule has 4 rings (SSSR count). The van der Waals surface area contributed by atoms with Gasteiger partial charge in [-0.3, -0.25) is 4.79 Å². The van der Waals surface area contributed by atoms with E-state index in [0.717, 1.165) is 11.3 Å². The van der Waals surface area contributed by atoms with Gasteiger partial charge in [-0.05, 0) is 30.3 Å². The highest BCUT2D eigenvalue weighted by molar-refractivity contribution is 6.08. The zero-order valence-electron chi connectivity index (χ0n) is 16.6. The van der Waals surface area contributed by atoms with E-state index in [4.69, 9.17) is 9.47 Å². The predicted octanol–water partition coefficient (Wildman–Crippen LogP) is 4.20. The summed E-state index contributed by atoms with van der Waals surface area (Å²) in [5.74, 6) is 0.806. The van der Waals surface area contributed by atoms with Gasteiger partial charge in [0.05, 0.1) is 37.4 Å². The minimum Gasteiger partial charge on any atom is -0.496 e. The number of amides is 1. The molecule has 0 aliphatic heterocycles. The van der Waals surface area contributed by atoms with Gasteiger partial charge in [-0.15, -0.1) is 0 Å². The number of benzene rings is 2. The maximum Gasteiger partial charge on any atom is 0.259 e. The maximum atomic E-state index is 13.1. The lowest BCUT2D eigenvalue weighted by atomic mass is 10.1. The first-order chi connectivity index (χ1) is 14.7. The minimum atomic E-state index is -0.301. The quantitative estimate of drug-likeness (QED) is 0.525. The molecule has 0 saturated heterocycles. The Hall–Kier alpha value is -4.13. The van der Waals surface area contributed by atoms with Crippen molar-refractivity contribution in [2.24, 2.45) is 0 Å². The smallest absolute Gasteiger partial charge is 0.259 e. The Bertz CT molecular complexity index is 1150. The summed E-state index contributed by atoms with van der Waals surface area (Å²) in [4.78, 5) is 17.3. The molecule has 0 aliphatic carbocycles. The van der Waals surface area contributed by atoms with Crippen LogP contribution in [0.25, 0.3) is 16.9 Å². The molecule has 0 atom stereocenters. The van der Waals surface area contributed by atoms with Crippen molar-refractivity contribution in [3.8, 4) is 28.6 Å². The van der Waals surface area contributed by atoms with Gasteiger partial charge in [-0.1, -0.05) is 30.3 Å². The van der Waals surface area contributed by atoms with Crippen molar-refractivity contribution in [1.82, 2.24) is 14.8 Å². The van der Waals surface area contributed by atoms with Crippen LogP contribution in [-0.2, 0) is 0 Å². The lowest BCUT2D eigenvalue weighted by Gasteiger charge is -2.08. The fourth-order valence-corrected chi connectivity index (χ4v) is 3.07. The molecule has 0 aliphatic rings. The average Bonchev–Trinajstić information content (AvgIpc) is 3.25. The Morgan fingerprint density at radius 3 is 2.40 bits per heavy atom. The average molecular weight is 400 g/mol. The second-order valence-corrected chi connectivity index (χ2v) is 6.42. The van der Waals surface area contributed by atoms with Crippen molar-refractivity contribution < 1.29 is 14.3 Å². The van der Waals surface area contributed by atoms with E-state index < -0.39 is 0 Å². The van der Waals surface area contributed by atoms with E-state index in [1.165, 1.54) is 7.11 Å². The SMILES string of the molecule is COc1ccc(NC(=O)c2cn(-c3ccccc3)nc2-c2ccccc2OC)cn1. The van der Waals surface area contributed by atoms with Crippen molar-refractivity contribution in [3.63, 3.8) is 0 Å². The molecule has 7 nitrogen and oxygen atoms in total. The fraction of sp³-hybridized carbons (Fsp3) is 0.0870. The number of anilines is 1. The van der Waals surface area contributed by atoms with Crippen LogP contribution in [0.15, 0.2) is 79.1 Å². The van der Waals surface area contributed by atoms with Gasteiger partial charge in [0.25, 0.3) is 5.91 Å². The molecule has 0 unspecified atom stereocenters. The molecule has 0 radical (unpaired) electrons. The highest BCUT2D eigenvalue weighted by Gasteiger charge is 2.21. The number of carbonyl (C=O) groups excluding carboxylic acids is 1. The summed E-state index contributed by atoms with van der Waals surface area (Å²) in [5.41, 5.74) is 3.07. The number of para-hydroxylation sites is 2. The van der Waals surface area contributed by atoms with Gasteiger partial charge in [0, 0.05) is 17.8 Å². The van der Waals surface area contributed by atoms with Crippen LogP contribution in [0.4, 0.5) is 5.69 Å². The van der Waals surface area contributed by atoms with Crippen molar-refractivity contribution in [3.05, 3.63) is 84.7 Å². The van der Waals surface area contributed by atoms with Crippen LogP contribution in [0.3, 0.4) is 0 Å². The van der Waals surface area contributed by atoms with Crippen molar-refractivity contribution in [2.75, 3.05) is 19.5 Å². The van der Waals surface area contributed by atoms with Crippen LogP contribution in [-0.4, -0.2) is 34.9 Å². The van der Waals surface area contributed by atoms with Gasteiger partial charge in [0.15, 0.2) is 0 Å². The topological polar surface area (TPSA) is 78.3 Å². The van der Waals surface area contributed by atoms with Crippen molar-refractivity contribution in [1.29, 1.82) is 0 Å². The molecule has 2 aromatic heterocycles. The number of rotatable bonds is 6. The highest BCUT2D eigenvalue weighted by atomic mass is 16.5. The highest BCUT2D eigenvalue weighted by Crippen LogP contribution is 2.32. The van der Waals surface area contributed by atoms with Gasteiger partial charge in [-0.25, -0.2) is 9.67 Å². The number of ether oxygens (including phenoxy) is 2. The number of hydrogen-bond acceptors (Lipinski definition) is 5. The number of aromatic nitrogens is 3. The Kier molecular flexibility index (Phi) is 5.43. The third-order valence-electron chi connectivity index (χ3n) is 4.55. The van der Waals surface area contributed by atoms with Crippen molar-refractivity contribution in [2.45, 2.75) is 0 Å². The number of carbonyl (C=O) groups is 1. The molecule has 1 N–H and O–H groups in total. The zero-order valence-corrected chi connectivity index (χ0v) is 16.6. The van der Waals surface area contributed by atoms with Crippen LogP contribution < -0.4 is 14.8 Å². The second-order valence-electron chi connectivity index (χ2n) is 6.42. The van der Waals surface area contributed by atoms with Crippen LogP contribution >= 0.6 is 0 Å². The summed E-state index contributed by atoms with van der Waals surface area (Å²) in [6.07, 6.45) is 3.25. The number of methoxy groups -OCH3 is 2. The Balaban J connectivity index is 1.76. The predicted molar refractivity (Wildman–Crippen MR) is 114 cm³/mol. The number of nitrogens with zero attached hydrogens (tertiary/aromatic N) is 3. The summed E-state index contributed by atoms with van der Waals surface area (Å²) < 4.78 is 12.2. The first kappa shape index (κ1) is 19.2. The third kappa shape index (κ3) is 3.86. The van der Waals surface area contributed by atoms with E-state index in [9.17, 15) is 4.79 Å². The lowest BCUT2D eigenvalue weighted by Crippen LogP contribution is -2.12. The summed E-state index contributed by atoms with van der Waals surface area (Å²) in [5, 5.41) is 7.56. The van der Waals surface area contributed by atoms with Crippen LogP contribution in [0, 0.1) is 0 Å². The first-order valence-electron chi connectivity index (χ1n) is 9.29. The molecule has 0 bridgehead atoms. The minimum absolute atomic E-state index is 0.301. The molecule has 4 aromatic rings. The standard InChI is InChI=1S/C23H20N4O3/c1-29-20-11-7-6-10-18(20)22-19(15-27(26-22)17-8-4-3-5-9-17)23(28)25-16-12-13-21(30-2)24-14-16/h3-15H,1-2H3,(H,25,28). The van der Waals surface area contributed by atoms with Crippen LogP contribution in [0.5, 0.6) is 11.6 Å². The van der Waals surface area contributed by atoms with Gasteiger partial charge < -0.3 is 14.8 Å². The number of pyridine rings is 1. The molecule has 0 saturated carbocycles. The Morgan fingerprint density at radius 1 is 0.933 bits per heavy atom. The Morgan fingerprint density at radius 2 is 1.70 bits per heavy atom. The van der Waals surface area contributed by atoms with Gasteiger partial charge >= 0.3 is 0 Å². The van der Waals surface area contributed by atoms with E-state index >= 15 is 0 Å². The van der Waals surface area contributed by atoms with Crippen molar-refractivity contribution >= 4 is 11.6 Å². The van der Waals surface area contributed by atoms with Crippen LogP contribution in [0.1, 0.15) is 10.4 Å². The molecular formula is C23H20N4O3. The monoisotopic (exact) mass is 400 g/mol. The maximum absolute atomic E-state index is 13.1. The molecule has 0 fully saturated rings. The second kappa shape index (κ2) is 8.48. The first-order valence-corrected chi connectivity index (χ1v) is 9.29. The van der Waals surface area contributed by atoms with E-state index in [1.54, 1.807) is 36.3 Å². The summed E-state index contributed by atoms with van der Waals surface area (Å²) in [6.45, 7) is 0. The van der Waals surface area contributed by atoms with E-state index in [1.807, 2.05) is 54.6 Å². The zero-order chi connectivity index (χ0) is 20.9. The normalized spacial score (nSPS) is 10.5. The molecule has 2 heterocycles. The molecule has 30 heavy (non-hydrogen) atoms. The van der Waals surface area contributed by atoms with E-state index in [0.29, 0.717) is 28.6 Å². The molecule has 1 amide bonds. The van der Waals surface area contributed by atoms with Gasteiger partial charge in [-0.2, -0.15) is 5.10 Å².